The second-order valence-corrected chi connectivity index (χ2v) is 4.85. The number of carboxylic acids is 1. The fourth-order valence-electron chi connectivity index (χ4n) is 2.59. The first-order valence-corrected chi connectivity index (χ1v) is 6.32. The van der Waals surface area contributed by atoms with E-state index in [0.29, 0.717) is 31.0 Å². The number of nitrogens with two attached hydrogens (primary N) is 1. The Morgan fingerprint density at radius 1 is 1.40 bits per heavy atom. The van der Waals surface area contributed by atoms with Crippen molar-refractivity contribution in [2.24, 2.45) is 11.7 Å². The number of rotatable bonds is 3. The van der Waals surface area contributed by atoms with Crippen LogP contribution >= 0.6 is 0 Å². The Morgan fingerprint density at radius 2 is 2.20 bits per heavy atom. The molecule has 3 heterocycles. The predicted molar refractivity (Wildman–Crippen MR) is 71.7 cm³/mol. The molecular weight excluding hydrogens is 260 g/mol. The van der Waals surface area contributed by atoms with Crippen LogP contribution in [-0.2, 0) is 4.79 Å². The molecule has 7 heteroatoms. The van der Waals surface area contributed by atoms with Crippen molar-refractivity contribution in [3.05, 3.63) is 30.1 Å². The average Bonchev–Trinajstić information content (AvgIpc) is 3.02. The van der Waals surface area contributed by atoms with Crippen LogP contribution in [0.3, 0.4) is 0 Å². The number of anilines is 1. The van der Waals surface area contributed by atoms with Crippen LogP contribution in [0.25, 0.3) is 5.65 Å². The van der Waals surface area contributed by atoms with Crippen LogP contribution in [0.2, 0.25) is 0 Å². The molecule has 2 aromatic rings. The molecule has 3 N–H and O–H groups in total. The fourth-order valence-corrected chi connectivity index (χ4v) is 2.59. The van der Waals surface area contributed by atoms with Gasteiger partial charge in [0.2, 0.25) is 5.91 Å². The summed E-state index contributed by atoms with van der Waals surface area (Å²) in [5.41, 5.74) is 5.99. The fraction of sp³-hybridized carbons (Fsp3) is 0.308. The number of carboxylic acid groups (broad SMARTS) is 1. The molecule has 0 aromatic carbocycles. The maximum Gasteiger partial charge on any atom is 0.356 e. The Morgan fingerprint density at radius 3 is 2.85 bits per heavy atom. The molecule has 0 saturated carbocycles. The number of hydrogen-bond donors (Lipinski definition) is 2. The minimum atomic E-state index is -1.04. The van der Waals surface area contributed by atoms with Gasteiger partial charge in [-0.05, 0) is 18.6 Å². The Labute approximate surface area is 114 Å². The van der Waals surface area contributed by atoms with E-state index in [-0.39, 0.29) is 17.5 Å². The van der Waals surface area contributed by atoms with Crippen molar-refractivity contribution in [3.8, 4) is 0 Å². The highest BCUT2D eigenvalue weighted by Crippen LogP contribution is 2.27. The Hall–Kier alpha value is -2.57. The highest BCUT2D eigenvalue weighted by Gasteiger charge is 2.31. The van der Waals surface area contributed by atoms with Crippen molar-refractivity contribution in [3.63, 3.8) is 0 Å². The van der Waals surface area contributed by atoms with Crippen LogP contribution in [0.15, 0.2) is 24.4 Å². The molecule has 1 fully saturated rings. The summed E-state index contributed by atoms with van der Waals surface area (Å²) in [5.74, 6) is -1.25. The Kier molecular flexibility index (Phi) is 2.81. The molecule has 0 bridgehead atoms. The lowest BCUT2D eigenvalue weighted by Gasteiger charge is -2.15. The van der Waals surface area contributed by atoms with Crippen LogP contribution in [0.5, 0.6) is 0 Å². The highest BCUT2D eigenvalue weighted by molar-refractivity contribution is 5.93. The Bertz CT molecular complexity index is 694. The molecule has 0 spiro atoms. The molecule has 0 aliphatic carbocycles. The van der Waals surface area contributed by atoms with Gasteiger partial charge in [0.25, 0.3) is 0 Å². The van der Waals surface area contributed by atoms with Crippen LogP contribution in [-0.4, -0.2) is 39.5 Å². The summed E-state index contributed by atoms with van der Waals surface area (Å²) in [7, 11) is 0. The minimum absolute atomic E-state index is 0.116. The quantitative estimate of drug-likeness (QED) is 0.840. The van der Waals surface area contributed by atoms with Gasteiger partial charge >= 0.3 is 5.97 Å². The predicted octanol–water partition coefficient (Wildman–Crippen LogP) is 0.344. The van der Waals surface area contributed by atoms with E-state index in [1.807, 2.05) is 4.90 Å². The van der Waals surface area contributed by atoms with Crippen molar-refractivity contribution < 1.29 is 14.7 Å². The van der Waals surface area contributed by atoms with Crippen LogP contribution in [0.4, 0.5) is 5.82 Å². The van der Waals surface area contributed by atoms with Gasteiger partial charge in [-0.1, -0.05) is 6.07 Å². The van der Waals surface area contributed by atoms with Gasteiger partial charge < -0.3 is 15.7 Å². The second kappa shape index (κ2) is 4.52. The second-order valence-electron chi connectivity index (χ2n) is 4.85. The zero-order chi connectivity index (χ0) is 14.3. The summed E-state index contributed by atoms with van der Waals surface area (Å²) < 4.78 is 1.54. The summed E-state index contributed by atoms with van der Waals surface area (Å²) in [6.45, 7) is 0.997. The number of carbonyl (C=O) groups excluding carboxylic acids is 1. The summed E-state index contributed by atoms with van der Waals surface area (Å²) in [6, 6.07) is 5.30. The third-order valence-electron chi connectivity index (χ3n) is 3.60. The van der Waals surface area contributed by atoms with Crippen molar-refractivity contribution in [1.29, 1.82) is 0 Å². The highest BCUT2D eigenvalue weighted by atomic mass is 16.4. The number of pyridine rings is 1. The molecule has 1 unspecified atom stereocenters. The molecule has 1 atom stereocenters. The van der Waals surface area contributed by atoms with Gasteiger partial charge in [-0.2, -0.15) is 0 Å². The van der Waals surface area contributed by atoms with Gasteiger partial charge in [0, 0.05) is 19.3 Å². The van der Waals surface area contributed by atoms with Crippen molar-refractivity contribution >= 4 is 23.3 Å². The average molecular weight is 274 g/mol. The number of aromatic carboxylic acids is 1. The summed E-state index contributed by atoms with van der Waals surface area (Å²) in [6.07, 6.45) is 2.29. The third kappa shape index (κ3) is 1.87. The van der Waals surface area contributed by atoms with Crippen LogP contribution in [0, 0.1) is 5.92 Å². The molecular formula is C13H14N4O3. The number of hydrogen-bond acceptors (Lipinski definition) is 4. The monoisotopic (exact) mass is 274 g/mol. The molecule has 1 amide bonds. The molecule has 1 saturated heterocycles. The van der Waals surface area contributed by atoms with Crippen molar-refractivity contribution in [2.75, 3.05) is 18.0 Å². The third-order valence-corrected chi connectivity index (χ3v) is 3.60. The Balaban J connectivity index is 2.05. The largest absolute Gasteiger partial charge is 0.476 e. The van der Waals surface area contributed by atoms with E-state index in [2.05, 4.69) is 4.98 Å². The lowest BCUT2D eigenvalue weighted by molar-refractivity contribution is -0.121. The lowest BCUT2D eigenvalue weighted by Crippen LogP contribution is -2.28. The first kappa shape index (κ1) is 12.5. The van der Waals surface area contributed by atoms with E-state index in [0.717, 1.165) is 0 Å². The molecule has 104 valence electrons. The number of carbonyl (C=O) groups is 2. The van der Waals surface area contributed by atoms with E-state index < -0.39 is 5.97 Å². The molecule has 2 aromatic heterocycles. The zero-order valence-electron chi connectivity index (χ0n) is 10.7. The standard InChI is InChI=1S/C13H14N4O3/c14-11(18)8-4-6-16(7-8)12-10(13(19)20)17-5-2-1-3-9(17)15-12/h1-3,5,8H,4,6-7H2,(H2,14,18)(H,19,20). The van der Waals surface area contributed by atoms with Gasteiger partial charge in [0.15, 0.2) is 11.5 Å². The van der Waals surface area contributed by atoms with E-state index >= 15 is 0 Å². The van der Waals surface area contributed by atoms with E-state index in [4.69, 9.17) is 5.73 Å². The summed E-state index contributed by atoms with van der Waals surface area (Å²) in [5, 5.41) is 9.41. The maximum atomic E-state index is 11.5. The number of nitrogens with zero attached hydrogens (tertiary/aromatic N) is 3. The number of amides is 1. The van der Waals surface area contributed by atoms with E-state index in [1.165, 1.54) is 4.40 Å². The first-order valence-electron chi connectivity index (χ1n) is 6.32. The number of fused-ring (bicyclic) bond motifs is 1. The minimum Gasteiger partial charge on any atom is -0.476 e. The van der Waals surface area contributed by atoms with Gasteiger partial charge in [-0.3, -0.25) is 9.20 Å². The maximum absolute atomic E-state index is 11.5. The molecule has 7 nitrogen and oxygen atoms in total. The van der Waals surface area contributed by atoms with Crippen LogP contribution in [0.1, 0.15) is 16.9 Å². The molecule has 3 rings (SSSR count). The normalized spacial score (nSPS) is 18.6. The van der Waals surface area contributed by atoms with Crippen molar-refractivity contribution in [2.45, 2.75) is 6.42 Å². The number of imidazole rings is 1. The zero-order valence-corrected chi connectivity index (χ0v) is 10.7. The first-order chi connectivity index (χ1) is 9.58. The molecule has 1 aliphatic heterocycles. The smallest absolute Gasteiger partial charge is 0.356 e. The van der Waals surface area contributed by atoms with Gasteiger partial charge in [-0.25, -0.2) is 9.78 Å². The van der Waals surface area contributed by atoms with E-state index in [9.17, 15) is 14.7 Å². The lowest BCUT2D eigenvalue weighted by atomic mass is 10.1. The molecule has 0 radical (unpaired) electrons. The van der Waals surface area contributed by atoms with E-state index in [1.54, 1.807) is 24.4 Å². The van der Waals surface area contributed by atoms with Gasteiger partial charge in [0.1, 0.15) is 5.65 Å². The van der Waals surface area contributed by atoms with Gasteiger partial charge in [0.05, 0.1) is 5.92 Å². The molecule has 20 heavy (non-hydrogen) atoms. The number of primary amides is 1. The summed E-state index contributed by atoms with van der Waals surface area (Å²) >= 11 is 0. The molecule has 1 aliphatic rings. The van der Waals surface area contributed by atoms with Gasteiger partial charge in [-0.15, -0.1) is 0 Å². The van der Waals surface area contributed by atoms with Crippen molar-refractivity contribution in [1.82, 2.24) is 9.38 Å². The number of aromatic nitrogens is 2. The summed E-state index contributed by atoms with van der Waals surface area (Å²) in [4.78, 5) is 28.9. The van der Waals surface area contributed by atoms with Crippen LogP contribution < -0.4 is 10.6 Å². The SMILES string of the molecule is NC(=O)C1CCN(c2nc3ccccn3c2C(=O)O)C1. The topological polar surface area (TPSA) is 101 Å².